The van der Waals surface area contributed by atoms with Crippen LogP contribution in [-0.4, -0.2) is 12.1 Å². The third-order valence-corrected chi connectivity index (χ3v) is 1.22. The van der Waals surface area contributed by atoms with E-state index in [0.29, 0.717) is 0 Å². The third kappa shape index (κ3) is 1.38. The first kappa shape index (κ1) is 7.35. The fourth-order valence-corrected chi connectivity index (χ4v) is 0.682. The molecule has 11 heavy (non-hydrogen) atoms. The second-order valence-corrected chi connectivity index (χ2v) is 1.89. The molecular formula is C7H6N2O2. The Morgan fingerprint density at radius 2 is 2.45 bits per heavy atom. The number of aromatic nitrogens is 1. The van der Waals surface area contributed by atoms with Crippen molar-refractivity contribution in [1.82, 2.24) is 4.98 Å². The molecule has 4 heteroatoms. The highest BCUT2D eigenvalue weighted by Gasteiger charge is 1.98. The Kier molecular flexibility index (Phi) is 1.93. The Morgan fingerprint density at radius 3 is 2.91 bits per heavy atom. The molecule has 0 unspecified atom stereocenters. The van der Waals surface area contributed by atoms with Crippen molar-refractivity contribution in [2.45, 2.75) is 0 Å². The number of nitriles is 1. The summed E-state index contributed by atoms with van der Waals surface area (Å²) < 4.78 is 4.69. The van der Waals surface area contributed by atoms with Crippen LogP contribution in [0.5, 0.6) is 5.75 Å². The third-order valence-electron chi connectivity index (χ3n) is 1.22. The summed E-state index contributed by atoms with van der Waals surface area (Å²) in [4.78, 5) is 13.5. The summed E-state index contributed by atoms with van der Waals surface area (Å²) in [5, 5.41) is 8.36. The number of hydrogen-bond donors (Lipinski definition) is 1. The van der Waals surface area contributed by atoms with Gasteiger partial charge in [-0.25, -0.2) is 0 Å². The molecule has 0 aliphatic carbocycles. The van der Waals surface area contributed by atoms with Crippen molar-refractivity contribution in [3.63, 3.8) is 0 Å². The number of methoxy groups -OCH3 is 1. The molecule has 56 valence electrons. The van der Waals surface area contributed by atoms with Gasteiger partial charge in [0.25, 0.3) is 0 Å². The molecule has 1 aromatic heterocycles. The van der Waals surface area contributed by atoms with E-state index in [2.05, 4.69) is 4.98 Å². The van der Waals surface area contributed by atoms with E-state index < -0.39 is 0 Å². The van der Waals surface area contributed by atoms with Crippen molar-refractivity contribution in [3.05, 3.63) is 28.2 Å². The van der Waals surface area contributed by atoms with E-state index >= 15 is 0 Å². The minimum absolute atomic E-state index is 0.212. The van der Waals surface area contributed by atoms with Gasteiger partial charge in [0.15, 0.2) is 5.75 Å². The van der Waals surface area contributed by atoms with Gasteiger partial charge < -0.3 is 9.72 Å². The molecule has 1 rings (SSSR count). The molecule has 0 fully saturated rings. The maximum Gasteiger partial charge on any atom is 0.224 e. The van der Waals surface area contributed by atoms with Crippen molar-refractivity contribution >= 4 is 0 Å². The van der Waals surface area contributed by atoms with Crippen LogP contribution in [0.2, 0.25) is 0 Å². The zero-order valence-corrected chi connectivity index (χ0v) is 5.92. The number of rotatable bonds is 1. The first-order valence-electron chi connectivity index (χ1n) is 2.94. The van der Waals surface area contributed by atoms with E-state index in [4.69, 9.17) is 10.00 Å². The highest BCUT2D eigenvalue weighted by atomic mass is 16.5. The normalized spacial score (nSPS) is 8.73. The van der Waals surface area contributed by atoms with Crippen LogP contribution in [0.1, 0.15) is 5.69 Å². The standard InChI is InChI=1S/C7H6N2O2/c1-11-7-4-9-5(3-8)2-6(7)10/h2,4H,1H3,(H,9,10). The SMILES string of the molecule is COc1c[nH]c(C#N)cc1=O. The molecule has 0 radical (unpaired) electrons. The van der Waals surface area contributed by atoms with Crippen LogP contribution in [0.3, 0.4) is 0 Å². The largest absolute Gasteiger partial charge is 0.491 e. The highest BCUT2D eigenvalue weighted by molar-refractivity contribution is 5.26. The smallest absolute Gasteiger partial charge is 0.224 e. The molecule has 0 amide bonds. The lowest BCUT2D eigenvalue weighted by Crippen LogP contribution is -2.05. The molecule has 0 aromatic carbocycles. The first-order valence-corrected chi connectivity index (χ1v) is 2.94. The summed E-state index contributed by atoms with van der Waals surface area (Å²) in [5.41, 5.74) is -0.0569. The minimum Gasteiger partial charge on any atom is -0.491 e. The molecule has 4 nitrogen and oxygen atoms in total. The van der Waals surface area contributed by atoms with E-state index in [1.807, 2.05) is 6.07 Å². The lowest BCUT2D eigenvalue weighted by molar-refractivity contribution is 0.409. The Bertz CT molecular complexity index is 348. The zero-order chi connectivity index (χ0) is 8.27. The van der Waals surface area contributed by atoms with Gasteiger partial charge in [-0.05, 0) is 0 Å². The van der Waals surface area contributed by atoms with E-state index in [1.54, 1.807) is 0 Å². The average Bonchev–Trinajstić information content (AvgIpc) is 2.04. The van der Waals surface area contributed by atoms with Crippen LogP contribution in [0, 0.1) is 11.3 Å². The van der Waals surface area contributed by atoms with Crippen molar-refractivity contribution < 1.29 is 4.74 Å². The Hall–Kier alpha value is -1.76. The predicted molar refractivity (Wildman–Crippen MR) is 38.3 cm³/mol. The highest BCUT2D eigenvalue weighted by Crippen LogP contribution is 1.98. The van der Waals surface area contributed by atoms with Crippen molar-refractivity contribution in [2.75, 3.05) is 7.11 Å². The molecule has 0 aliphatic heterocycles. The number of ether oxygens (including phenoxy) is 1. The lowest BCUT2D eigenvalue weighted by Gasteiger charge is -1.95. The molecule has 0 atom stereocenters. The fraction of sp³-hybridized carbons (Fsp3) is 0.143. The fourth-order valence-electron chi connectivity index (χ4n) is 0.682. The van der Waals surface area contributed by atoms with Crippen LogP contribution in [0.15, 0.2) is 17.1 Å². The molecule has 0 saturated carbocycles. The van der Waals surface area contributed by atoms with Crippen molar-refractivity contribution in [3.8, 4) is 11.8 Å². The van der Waals surface area contributed by atoms with Crippen molar-refractivity contribution in [1.29, 1.82) is 5.26 Å². The van der Waals surface area contributed by atoms with Crippen LogP contribution < -0.4 is 10.2 Å². The number of pyridine rings is 1. The van der Waals surface area contributed by atoms with E-state index in [1.165, 1.54) is 19.4 Å². The van der Waals surface area contributed by atoms with Gasteiger partial charge in [0, 0.05) is 12.3 Å². The first-order chi connectivity index (χ1) is 5.27. The van der Waals surface area contributed by atoms with Gasteiger partial charge in [-0.2, -0.15) is 5.26 Å². The molecule has 0 saturated heterocycles. The molecule has 1 heterocycles. The molecule has 0 aliphatic rings. The zero-order valence-electron chi connectivity index (χ0n) is 5.92. The van der Waals surface area contributed by atoms with Gasteiger partial charge in [-0.15, -0.1) is 0 Å². The van der Waals surface area contributed by atoms with Crippen LogP contribution in [-0.2, 0) is 0 Å². The lowest BCUT2D eigenvalue weighted by atomic mass is 10.3. The Labute approximate surface area is 63.0 Å². The molecule has 1 N–H and O–H groups in total. The van der Waals surface area contributed by atoms with Crippen LogP contribution >= 0.6 is 0 Å². The minimum atomic E-state index is -0.289. The van der Waals surface area contributed by atoms with Crippen LogP contribution in [0.25, 0.3) is 0 Å². The van der Waals surface area contributed by atoms with E-state index in [0.717, 1.165) is 0 Å². The number of aromatic amines is 1. The van der Waals surface area contributed by atoms with Gasteiger partial charge in [0.2, 0.25) is 5.43 Å². The number of nitrogens with zero attached hydrogens (tertiary/aromatic N) is 1. The summed E-state index contributed by atoms with van der Waals surface area (Å²) in [6.45, 7) is 0. The number of H-pyrrole nitrogens is 1. The van der Waals surface area contributed by atoms with Gasteiger partial charge in [0.05, 0.1) is 7.11 Å². The van der Waals surface area contributed by atoms with Gasteiger partial charge >= 0.3 is 0 Å². The summed E-state index contributed by atoms with van der Waals surface area (Å²) in [5.74, 6) is 0.212. The maximum absolute atomic E-state index is 10.9. The topological polar surface area (TPSA) is 65.9 Å². The summed E-state index contributed by atoms with van der Waals surface area (Å²) >= 11 is 0. The maximum atomic E-state index is 10.9. The second kappa shape index (κ2) is 2.88. The van der Waals surface area contributed by atoms with Gasteiger partial charge in [0.1, 0.15) is 11.8 Å². The second-order valence-electron chi connectivity index (χ2n) is 1.89. The monoisotopic (exact) mass is 150 g/mol. The number of hydrogen-bond acceptors (Lipinski definition) is 3. The summed E-state index contributed by atoms with van der Waals surface area (Å²) in [6, 6.07) is 3.00. The summed E-state index contributed by atoms with van der Waals surface area (Å²) in [6.07, 6.45) is 1.36. The summed E-state index contributed by atoms with van der Waals surface area (Å²) in [7, 11) is 1.40. The van der Waals surface area contributed by atoms with E-state index in [9.17, 15) is 4.79 Å². The molecular weight excluding hydrogens is 144 g/mol. The predicted octanol–water partition coefficient (Wildman–Crippen LogP) is 0.255. The number of nitrogens with one attached hydrogen (secondary N) is 1. The average molecular weight is 150 g/mol. The van der Waals surface area contributed by atoms with Gasteiger partial charge in [-0.3, -0.25) is 4.79 Å². The van der Waals surface area contributed by atoms with E-state index in [-0.39, 0.29) is 16.9 Å². The molecule has 1 aromatic rings. The van der Waals surface area contributed by atoms with Crippen LogP contribution in [0.4, 0.5) is 0 Å². The van der Waals surface area contributed by atoms with Crippen molar-refractivity contribution in [2.24, 2.45) is 0 Å². The quantitative estimate of drug-likeness (QED) is 0.624. The molecule has 0 bridgehead atoms. The van der Waals surface area contributed by atoms with Gasteiger partial charge in [-0.1, -0.05) is 0 Å². The Balaban J connectivity index is 3.23. The Morgan fingerprint density at radius 1 is 1.73 bits per heavy atom. The molecule has 0 spiro atoms.